The molecule has 5 nitrogen and oxygen atoms in total. The number of carbonyl (C=O) groups excluding carboxylic acids is 1. The van der Waals surface area contributed by atoms with Crippen LogP contribution in [-0.2, 0) is 6.42 Å². The Kier molecular flexibility index (Phi) is 5.78. The van der Waals surface area contributed by atoms with E-state index < -0.39 is 0 Å². The van der Waals surface area contributed by atoms with Crippen molar-refractivity contribution < 1.29 is 4.79 Å². The third kappa shape index (κ3) is 4.46. The molecule has 0 saturated heterocycles. The van der Waals surface area contributed by atoms with Gasteiger partial charge < -0.3 is 15.2 Å². The standard InChI is InChI=1S/C26H34N4O/c1-6-18-7-10-20(11-8-18)28-25-29-22-14-19(24(31)27-5)9-12-23(22)30(25)21-13-17(2)15-26(3,4)16-21/h7-12,14,17,21H,6,13,15-16H2,1-5H3,(H,27,31)(H,28,29)/t17-,21+/m1/s1. The number of rotatable bonds is 5. The number of aryl methyl sites for hydroxylation is 1. The van der Waals surface area contributed by atoms with Crippen LogP contribution in [0.3, 0.4) is 0 Å². The summed E-state index contributed by atoms with van der Waals surface area (Å²) in [6, 6.07) is 14.8. The molecule has 31 heavy (non-hydrogen) atoms. The fourth-order valence-electron chi connectivity index (χ4n) is 5.29. The predicted molar refractivity (Wildman–Crippen MR) is 128 cm³/mol. The topological polar surface area (TPSA) is 59.0 Å². The van der Waals surface area contributed by atoms with Gasteiger partial charge in [0.05, 0.1) is 11.0 Å². The number of carbonyl (C=O) groups is 1. The van der Waals surface area contributed by atoms with Crippen LogP contribution in [0.1, 0.15) is 68.9 Å². The first-order valence-corrected chi connectivity index (χ1v) is 11.4. The van der Waals surface area contributed by atoms with E-state index in [4.69, 9.17) is 4.98 Å². The Morgan fingerprint density at radius 1 is 1.16 bits per heavy atom. The zero-order valence-electron chi connectivity index (χ0n) is 19.3. The predicted octanol–water partition coefficient (Wildman–Crippen LogP) is 6.09. The molecule has 1 aromatic heterocycles. The van der Waals surface area contributed by atoms with Crippen LogP contribution in [0.5, 0.6) is 0 Å². The molecule has 3 aromatic rings. The molecule has 4 rings (SSSR count). The normalized spacial score (nSPS) is 20.5. The maximum absolute atomic E-state index is 12.2. The molecule has 1 saturated carbocycles. The van der Waals surface area contributed by atoms with Gasteiger partial charge in [0.1, 0.15) is 0 Å². The van der Waals surface area contributed by atoms with Crippen molar-refractivity contribution in [3.63, 3.8) is 0 Å². The molecular weight excluding hydrogens is 384 g/mol. The van der Waals surface area contributed by atoms with Crippen LogP contribution in [-0.4, -0.2) is 22.5 Å². The van der Waals surface area contributed by atoms with E-state index in [9.17, 15) is 4.79 Å². The van der Waals surface area contributed by atoms with E-state index in [2.05, 4.69) is 67.2 Å². The average molecular weight is 419 g/mol. The zero-order chi connectivity index (χ0) is 22.2. The van der Waals surface area contributed by atoms with Gasteiger partial charge in [0.15, 0.2) is 0 Å². The molecule has 1 amide bonds. The maximum atomic E-state index is 12.2. The quantitative estimate of drug-likeness (QED) is 0.527. The molecule has 2 atom stereocenters. The fourth-order valence-corrected chi connectivity index (χ4v) is 5.29. The van der Waals surface area contributed by atoms with Crippen LogP contribution < -0.4 is 10.6 Å². The number of benzene rings is 2. The van der Waals surface area contributed by atoms with E-state index in [1.54, 1.807) is 7.05 Å². The summed E-state index contributed by atoms with van der Waals surface area (Å²) in [7, 11) is 1.66. The van der Waals surface area contributed by atoms with E-state index >= 15 is 0 Å². The molecular formula is C26H34N4O. The highest BCUT2D eigenvalue weighted by molar-refractivity contribution is 5.97. The molecule has 1 aliphatic carbocycles. The van der Waals surface area contributed by atoms with Gasteiger partial charge in [-0.25, -0.2) is 4.98 Å². The number of amides is 1. The van der Waals surface area contributed by atoms with E-state index in [1.807, 2.05) is 18.2 Å². The molecule has 0 bridgehead atoms. The third-order valence-corrected chi connectivity index (χ3v) is 6.53. The highest BCUT2D eigenvalue weighted by atomic mass is 16.1. The summed E-state index contributed by atoms with van der Waals surface area (Å²) >= 11 is 0. The van der Waals surface area contributed by atoms with Gasteiger partial charge in [-0.2, -0.15) is 0 Å². The summed E-state index contributed by atoms with van der Waals surface area (Å²) in [5.74, 6) is 1.42. The van der Waals surface area contributed by atoms with Gasteiger partial charge in [0.25, 0.3) is 5.91 Å². The van der Waals surface area contributed by atoms with Crippen molar-refractivity contribution in [3.05, 3.63) is 53.6 Å². The lowest BCUT2D eigenvalue weighted by atomic mass is 9.70. The third-order valence-electron chi connectivity index (χ3n) is 6.53. The van der Waals surface area contributed by atoms with Crippen LogP contribution in [0.15, 0.2) is 42.5 Å². The highest BCUT2D eigenvalue weighted by Gasteiger charge is 2.34. The number of hydrogen-bond acceptors (Lipinski definition) is 3. The lowest BCUT2D eigenvalue weighted by molar-refractivity contribution is 0.0963. The summed E-state index contributed by atoms with van der Waals surface area (Å²) in [6.45, 7) is 9.26. The van der Waals surface area contributed by atoms with Gasteiger partial charge in [-0.3, -0.25) is 4.79 Å². The molecule has 2 aromatic carbocycles. The molecule has 0 unspecified atom stereocenters. The van der Waals surface area contributed by atoms with Crippen LogP contribution in [0.2, 0.25) is 0 Å². The molecule has 2 N–H and O–H groups in total. The summed E-state index contributed by atoms with van der Waals surface area (Å²) in [4.78, 5) is 17.1. The van der Waals surface area contributed by atoms with Gasteiger partial charge in [-0.15, -0.1) is 0 Å². The number of aromatic nitrogens is 2. The Labute approximate surface area is 185 Å². The number of hydrogen-bond donors (Lipinski definition) is 2. The van der Waals surface area contributed by atoms with Crippen LogP contribution >= 0.6 is 0 Å². The van der Waals surface area contributed by atoms with E-state index in [0.29, 0.717) is 22.9 Å². The minimum atomic E-state index is -0.0893. The van der Waals surface area contributed by atoms with Crippen LogP contribution in [0.25, 0.3) is 11.0 Å². The second kappa shape index (κ2) is 8.37. The summed E-state index contributed by atoms with van der Waals surface area (Å²) in [5, 5.41) is 6.28. The molecule has 5 heteroatoms. The zero-order valence-corrected chi connectivity index (χ0v) is 19.3. The van der Waals surface area contributed by atoms with Gasteiger partial charge in [-0.05, 0) is 72.9 Å². The number of anilines is 2. The fraction of sp³-hybridized carbons (Fsp3) is 0.462. The Bertz CT molecular complexity index is 1080. The first kappa shape index (κ1) is 21.4. The first-order chi connectivity index (χ1) is 14.8. The summed E-state index contributed by atoms with van der Waals surface area (Å²) in [6.07, 6.45) is 4.52. The van der Waals surface area contributed by atoms with E-state index in [-0.39, 0.29) is 5.91 Å². The first-order valence-electron chi connectivity index (χ1n) is 11.4. The van der Waals surface area contributed by atoms with Crippen molar-refractivity contribution in [1.29, 1.82) is 0 Å². The Morgan fingerprint density at radius 3 is 2.55 bits per heavy atom. The Hall–Kier alpha value is -2.82. The Morgan fingerprint density at radius 2 is 1.90 bits per heavy atom. The summed E-state index contributed by atoms with van der Waals surface area (Å²) < 4.78 is 2.37. The van der Waals surface area contributed by atoms with Gasteiger partial charge in [-0.1, -0.05) is 39.8 Å². The molecule has 1 heterocycles. The van der Waals surface area contributed by atoms with Crippen molar-refractivity contribution in [2.24, 2.45) is 11.3 Å². The molecule has 164 valence electrons. The number of imidazole rings is 1. The lowest BCUT2D eigenvalue weighted by Gasteiger charge is -2.40. The van der Waals surface area contributed by atoms with E-state index in [1.165, 1.54) is 12.0 Å². The number of nitrogens with one attached hydrogen (secondary N) is 2. The van der Waals surface area contributed by atoms with Crippen LogP contribution in [0.4, 0.5) is 11.6 Å². The SMILES string of the molecule is CCc1ccc(Nc2nc3cc(C(=O)NC)ccc3n2[C@H]2C[C@@H](C)CC(C)(C)C2)cc1. The average Bonchev–Trinajstić information content (AvgIpc) is 3.09. The van der Waals surface area contributed by atoms with Gasteiger partial charge in [0, 0.05) is 24.3 Å². The lowest BCUT2D eigenvalue weighted by Crippen LogP contribution is -2.29. The Balaban J connectivity index is 1.79. The highest BCUT2D eigenvalue weighted by Crippen LogP contribution is 2.46. The van der Waals surface area contributed by atoms with Gasteiger partial charge >= 0.3 is 0 Å². The number of nitrogens with zero attached hydrogens (tertiary/aromatic N) is 2. The van der Waals surface area contributed by atoms with Crippen LogP contribution in [0, 0.1) is 11.3 Å². The molecule has 1 fully saturated rings. The maximum Gasteiger partial charge on any atom is 0.251 e. The van der Waals surface area contributed by atoms with Crippen molar-refractivity contribution in [3.8, 4) is 0 Å². The molecule has 0 radical (unpaired) electrons. The number of fused-ring (bicyclic) bond motifs is 1. The monoisotopic (exact) mass is 418 g/mol. The largest absolute Gasteiger partial charge is 0.355 e. The van der Waals surface area contributed by atoms with Crippen molar-refractivity contribution >= 4 is 28.6 Å². The van der Waals surface area contributed by atoms with Gasteiger partial charge in [0.2, 0.25) is 5.95 Å². The molecule has 0 aliphatic heterocycles. The second-order valence-corrected chi connectivity index (χ2v) is 9.83. The van der Waals surface area contributed by atoms with Crippen molar-refractivity contribution in [1.82, 2.24) is 14.9 Å². The molecule has 0 spiro atoms. The molecule has 1 aliphatic rings. The van der Waals surface area contributed by atoms with Crippen molar-refractivity contribution in [2.75, 3.05) is 12.4 Å². The minimum Gasteiger partial charge on any atom is -0.355 e. The van der Waals surface area contributed by atoms with E-state index in [0.717, 1.165) is 41.9 Å². The van der Waals surface area contributed by atoms with Crippen molar-refractivity contribution in [2.45, 2.75) is 59.4 Å². The summed E-state index contributed by atoms with van der Waals surface area (Å²) in [5.41, 5.74) is 5.21. The smallest absolute Gasteiger partial charge is 0.251 e. The minimum absolute atomic E-state index is 0.0893. The second-order valence-electron chi connectivity index (χ2n) is 9.83.